The van der Waals surface area contributed by atoms with Gasteiger partial charge in [-0.15, -0.1) is 0 Å². The lowest BCUT2D eigenvalue weighted by molar-refractivity contribution is 0.721. The Hall–Kier alpha value is -0.610. The van der Waals surface area contributed by atoms with Crippen molar-refractivity contribution < 1.29 is 0 Å². The molecule has 0 aliphatic carbocycles. The average Bonchev–Trinajstić information content (AvgIpc) is 2.12. The summed E-state index contributed by atoms with van der Waals surface area (Å²) in [4.78, 5) is 0. The van der Waals surface area contributed by atoms with Gasteiger partial charge in [-0.25, -0.2) is 0 Å². The minimum atomic E-state index is -0.144. The minimum absolute atomic E-state index is 0.144. The highest BCUT2D eigenvalue weighted by Gasteiger charge is 2.39. The summed E-state index contributed by atoms with van der Waals surface area (Å²) in [6.07, 6.45) is 0. The normalized spacial score (nSPS) is 12.4. The monoisotopic (exact) mass is 235 g/mol. The number of hydrogen-bond donors (Lipinski definition) is 0. The molecule has 1 heteroatoms. The molecule has 88 valence electrons. The van der Waals surface area contributed by atoms with Gasteiger partial charge in [-0.2, -0.15) is 0 Å². The summed E-state index contributed by atoms with van der Waals surface area (Å²) >= 11 is 0. The summed E-state index contributed by atoms with van der Waals surface area (Å²) in [5, 5.41) is 0.729. The van der Waals surface area contributed by atoms with Crippen LogP contribution in [0.5, 0.6) is 0 Å². The van der Waals surface area contributed by atoms with E-state index < -0.39 is 0 Å². The topological polar surface area (TPSA) is 0 Å². The smallest absolute Gasteiger partial charge is 0.0622 e. The highest BCUT2D eigenvalue weighted by atomic mass is 31.1. The van der Waals surface area contributed by atoms with Gasteiger partial charge in [0, 0.05) is 5.56 Å². The Morgan fingerprint density at radius 2 is 1.25 bits per heavy atom. The summed E-state index contributed by atoms with van der Waals surface area (Å²) < 4.78 is 0. The van der Waals surface area contributed by atoms with E-state index in [0.29, 0.717) is 10.3 Å². The lowest BCUT2D eigenvalue weighted by Crippen LogP contribution is -2.21. The lowest BCUT2D eigenvalue weighted by Gasteiger charge is -2.22. The standard InChI is InChI=1S/C15H24P/c1-14(2,3)16(15(4,5)6)12-13-10-8-7-9-11-13/h7-12H,1-6H3/q+1. The van der Waals surface area contributed by atoms with Crippen LogP contribution in [0, 0.1) is 0 Å². The molecule has 0 nitrogen and oxygen atoms in total. The Kier molecular flexibility index (Phi) is 3.97. The summed E-state index contributed by atoms with van der Waals surface area (Å²) in [7, 11) is -0.144. The van der Waals surface area contributed by atoms with Gasteiger partial charge in [0.1, 0.15) is 23.7 Å². The largest absolute Gasteiger partial charge is 0.119 e. The summed E-state index contributed by atoms with van der Waals surface area (Å²) in [5.74, 6) is 2.48. The van der Waals surface area contributed by atoms with E-state index in [4.69, 9.17) is 0 Å². The molecule has 0 saturated heterocycles. The summed E-state index contributed by atoms with van der Waals surface area (Å²) in [6, 6.07) is 10.7. The van der Waals surface area contributed by atoms with E-state index in [0.717, 1.165) is 0 Å². The molecule has 0 amide bonds. The predicted octanol–water partition coefficient (Wildman–Crippen LogP) is 4.92. The van der Waals surface area contributed by atoms with Crippen molar-refractivity contribution >= 4 is 13.3 Å². The first kappa shape index (κ1) is 13.5. The second-order valence-electron chi connectivity index (χ2n) is 6.25. The van der Waals surface area contributed by atoms with Gasteiger partial charge in [-0.1, -0.05) is 30.3 Å². The fraction of sp³-hybridized carbons (Fsp3) is 0.533. The first-order chi connectivity index (χ1) is 7.21. The van der Waals surface area contributed by atoms with E-state index in [1.165, 1.54) is 5.56 Å². The Morgan fingerprint density at radius 3 is 1.62 bits per heavy atom. The van der Waals surface area contributed by atoms with Crippen molar-refractivity contribution in [3.05, 3.63) is 35.9 Å². The van der Waals surface area contributed by atoms with Crippen LogP contribution < -0.4 is 0 Å². The second kappa shape index (κ2) is 4.72. The molecule has 1 aromatic carbocycles. The van der Waals surface area contributed by atoms with Crippen LogP contribution in [0.25, 0.3) is 0 Å². The molecule has 0 heterocycles. The molecule has 0 spiro atoms. The van der Waals surface area contributed by atoms with Gasteiger partial charge in [-0.05, 0) is 41.5 Å². The predicted molar refractivity (Wildman–Crippen MR) is 78.0 cm³/mol. The molecule has 1 aromatic rings. The van der Waals surface area contributed by atoms with Crippen LogP contribution in [-0.2, 0) is 0 Å². The van der Waals surface area contributed by atoms with Gasteiger partial charge in [0.2, 0.25) is 0 Å². The van der Waals surface area contributed by atoms with E-state index in [-0.39, 0.29) is 7.55 Å². The van der Waals surface area contributed by atoms with Crippen molar-refractivity contribution in [2.24, 2.45) is 0 Å². The van der Waals surface area contributed by atoms with E-state index in [1.807, 2.05) is 0 Å². The highest BCUT2D eigenvalue weighted by Crippen LogP contribution is 2.50. The van der Waals surface area contributed by atoms with Gasteiger partial charge in [0.05, 0.1) is 0 Å². The molecule has 0 aliphatic heterocycles. The van der Waals surface area contributed by atoms with Crippen LogP contribution in [0.4, 0.5) is 0 Å². The van der Waals surface area contributed by atoms with E-state index in [2.05, 4.69) is 77.7 Å². The van der Waals surface area contributed by atoms with Crippen molar-refractivity contribution in [2.75, 3.05) is 0 Å². The third-order valence-corrected chi connectivity index (χ3v) is 5.97. The van der Waals surface area contributed by atoms with Gasteiger partial charge in [-0.3, -0.25) is 0 Å². The molecular weight excluding hydrogens is 211 g/mol. The van der Waals surface area contributed by atoms with Crippen molar-refractivity contribution in [1.82, 2.24) is 0 Å². The molecule has 0 atom stereocenters. The third kappa shape index (κ3) is 3.76. The molecule has 0 fully saturated rings. The van der Waals surface area contributed by atoms with Crippen molar-refractivity contribution in [2.45, 2.75) is 51.9 Å². The van der Waals surface area contributed by atoms with Crippen LogP contribution in [0.3, 0.4) is 0 Å². The number of hydrogen-bond acceptors (Lipinski definition) is 0. The Labute approximate surface area is 101 Å². The zero-order valence-corrected chi connectivity index (χ0v) is 12.3. The molecule has 0 aromatic heterocycles. The maximum atomic E-state index is 2.48. The van der Waals surface area contributed by atoms with Crippen molar-refractivity contribution in [3.8, 4) is 0 Å². The van der Waals surface area contributed by atoms with Gasteiger partial charge >= 0.3 is 0 Å². The second-order valence-corrected chi connectivity index (χ2v) is 9.93. The third-order valence-electron chi connectivity index (χ3n) is 2.52. The van der Waals surface area contributed by atoms with Gasteiger partial charge in [0.25, 0.3) is 0 Å². The molecule has 0 saturated carbocycles. The maximum absolute atomic E-state index is 2.48. The maximum Gasteiger partial charge on any atom is 0.119 e. The summed E-state index contributed by atoms with van der Waals surface area (Å²) in [5.41, 5.74) is 1.36. The molecule has 0 aliphatic rings. The molecule has 0 N–H and O–H groups in total. The quantitative estimate of drug-likeness (QED) is 0.606. The van der Waals surface area contributed by atoms with Crippen LogP contribution in [0.1, 0.15) is 47.1 Å². The van der Waals surface area contributed by atoms with E-state index >= 15 is 0 Å². The Morgan fingerprint density at radius 1 is 0.812 bits per heavy atom. The van der Waals surface area contributed by atoms with Crippen molar-refractivity contribution in [3.63, 3.8) is 0 Å². The average molecular weight is 235 g/mol. The molecule has 1 rings (SSSR count). The Bertz CT molecular complexity index is 345. The molecule has 16 heavy (non-hydrogen) atoms. The first-order valence-electron chi connectivity index (χ1n) is 5.90. The number of benzene rings is 1. The van der Waals surface area contributed by atoms with Crippen LogP contribution in [0.15, 0.2) is 30.3 Å². The highest BCUT2D eigenvalue weighted by molar-refractivity contribution is 7.60. The van der Waals surface area contributed by atoms with Crippen LogP contribution in [0.2, 0.25) is 0 Å². The molecule has 0 bridgehead atoms. The lowest BCUT2D eigenvalue weighted by atomic mass is 10.2. The molecular formula is C15H24P+. The summed E-state index contributed by atoms with van der Waals surface area (Å²) in [6.45, 7) is 14.1. The first-order valence-corrected chi connectivity index (χ1v) is 7.32. The van der Waals surface area contributed by atoms with Gasteiger partial charge in [0.15, 0.2) is 0 Å². The van der Waals surface area contributed by atoms with Gasteiger partial charge < -0.3 is 0 Å². The minimum Gasteiger partial charge on any atom is -0.0622 e. The zero-order chi connectivity index (χ0) is 12.4. The molecule has 0 radical (unpaired) electrons. The van der Waals surface area contributed by atoms with E-state index in [1.54, 1.807) is 0 Å². The molecule has 0 unspecified atom stereocenters. The zero-order valence-electron chi connectivity index (χ0n) is 11.4. The van der Waals surface area contributed by atoms with Crippen LogP contribution in [-0.4, -0.2) is 16.1 Å². The Balaban J connectivity index is 3.19. The van der Waals surface area contributed by atoms with Crippen molar-refractivity contribution in [1.29, 1.82) is 0 Å². The fourth-order valence-electron chi connectivity index (χ4n) is 2.08. The van der Waals surface area contributed by atoms with E-state index in [9.17, 15) is 0 Å². The SMILES string of the molecule is CC(C)(C)[P+](=Cc1ccccc1)C(C)(C)C. The number of rotatable bonds is 1. The fourth-order valence-corrected chi connectivity index (χ4v) is 5.34. The van der Waals surface area contributed by atoms with Crippen LogP contribution >= 0.6 is 7.55 Å².